The molecule has 0 fully saturated rings. The summed E-state index contributed by atoms with van der Waals surface area (Å²) >= 11 is 0. The van der Waals surface area contributed by atoms with Gasteiger partial charge in [-0.25, -0.2) is 15.0 Å². The van der Waals surface area contributed by atoms with E-state index in [-0.39, 0.29) is 0 Å². The molecule has 0 N–H and O–H groups in total. The maximum Gasteiger partial charge on any atom is 0.167 e. The number of aromatic nitrogens is 3. The van der Waals surface area contributed by atoms with E-state index in [0.29, 0.717) is 17.5 Å². The molecule has 0 spiro atoms. The van der Waals surface area contributed by atoms with Crippen LogP contribution < -0.4 is 10.6 Å². The van der Waals surface area contributed by atoms with Crippen molar-refractivity contribution in [2.24, 2.45) is 0 Å². The van der Waals surface area contributed by atoms with Gasteiger partial charge in [-0.2, -0.15) is 0 Å². The molecule has 3 heterocycles. The number of para-hydroxylation sites is 2. The van der Waals surface area contributed by atoms with Gasteiger partial charge < -0.3 is 8.83 Å². The molecule has 12 aromatic rings. The number of hydrogen-bond acceptors (Lipinski definition) is 5. The quantitative estimate of drug-likeness (QED) is 0.162. The minimum Gasteiger partial charge on any atom is -0.456 e. The van der Waals surface area contributed by atoms with Crippen molar-refractivity contribution in [1.82, 2.24) is 15.0 Å². The molecule has 0 saturated carbocycles. The Hall–Kier alpha value is -8.15. The highest BCUT2D eigenvalue weighted by Crippen LogP contribution is 2.39. The summed E-state index contributed by atoms with van der Waals surface area (Å²) in [6.07, 6.45) is 4.01. The lowest BCUT2D eigenvalue weighted by Gasteiger charge is -2.13. The molecule has 62 heavy (non-hydrogen) atoms. The Morgan fingerprint density at radius 2 is 0.919 bits per heavy atom. The minimum absolute atomic E-state index is 0.564. The third-order valence-corrected chi connectivity index (χ3v) is 12.6. The van der Waals surface area contributed by atoms with Crippen LogP contribution in [0.15, 0.2) is 191 Å². The first-order chi connectivity index (χ1) is 30.7. The van der Waals surface area contributed by atoms with Crippen LogP contribution in [0.1, 0.15) is 18.4 Å². The fraction of sp³-hybridized carbons (Fsp3) is 0.0351. The molecule has 0 bridgehead atoms. The SMILES string of the molecule is C1=c2oc3ccc(-c4ccc5c6ccccc6c6ccccc6c5c4)cc3c2=C(c2cccc(-c3nc(-c4ccccc4)nc(-c4cccc5c4oc4ccccc45)n3)c2)CC1. The molecule has 3 aromatic heterocycles. The Morgan fingerprint density at radius 1 is 0.355 bits per heavy atom. The molecular formula is C57H35N3O2. The van der Waals surface area contributed by atoms with E-state index in [1.54, 1.807) is 0 Å². The van der Waals surface area contributed by atoms with Crippen molar-refractivity contribution in [3.63, 3.8) is 0 Å². The second kappa shape index (κ2) is 13.7. The van der Waals surface area contributed by atoms with Gasteiger partial charge in [0.25, 0.3) is 0 Å². The van der Waals surface area contributed by atoms with Gasteiger partial charge in [0, 0.05) is 32.5 Å². The van der Waals surface area contributed by atoms with Crippen LogP contribution in [-0.4, -0.2) is 15.0 Å². The summed E-state index contributed by atoms with van der Waals surface area (Å²) in [5.41, 5.74) is 10.8. The number of fused-ring (bicyclic) bond motifs is 12. The Bertz CT molecular complexity index is 3900. The predicted molar refractivity (Wildman–Crippen MR) is 253 cm³/mol. The summed E-state index contributed by atoms with van der Waals surface area (Å²) in [7, 11) is 0. The van der Waals surface area contributed by atoms with Crippen LogP contribution in [0.25, 0.3) is 122 Å². The highest BCUT2D eigenvalue weighted by molar-refractivity contribution is 6.25. The molecule has 5 heteroatoms. The Labute approximate surface area is 355 Å². The monoisotopic (exact) mass is 793 g/mol. The third kappa shape index (κ3) is 5.45. The van der Waals surface area contributed by atoms with E-state index in [4.69, 9.17) is 23.8 Å². The lowest BCUT2D eigenvalue weighted by Crippen LogP contribution is -2.26. The molecule has 0 saturated heterocycles. The van der Waals surface area contributed by atoms with E-state index in [0.717, 1.165) is 84.2 Å². The number of rotatable bonds is 5. The molecule has 0 aliphatic heterocycles. The average molecular weight is 794 g/mol. The van der Waals surface area contributed by atoms with Gasteiger partial charge in [0.1, 0.15) is 22.2 Å². The zero-order chi connectivity index (χ0) is 40.7. The van der Waals surface area contributed by atoms with Crippen LogP contribution in [-0.2, 0) is 0 Å². The lowest BCUT2D eigenvalue weighted by molar-refractivity contribution is 0.571. The Morgan fingerprint density at radius 3 is 1.71 bits per heavy atom. The van der Waals surface area contributed by atoms with Crippen LogP contribution in [0.4, 0.5) is 0 Å². The van der Waals surface area contributed by atoms with Crippen molar-refractivity contribution < 1.29 is 8.83 Å². The molecule has 1 aliphatic carbocycles. The van der Waals surface area contributed by atoms with Crippen LogP contribution in [0.2, 0.25) is 0 Å². The molecule has 0 radical (unpaired) electrons. The highest BCUT2D eigenvalue weighted by Gasteiger charge is 2.20. The van der Waals surface area contributed by atoms with Crippen molar-refractivity contribution in [2.75, 3.05) is 0 Å². The van der Waals surface area contributed by atoms with Gasteiger partial charge in [-0.1, -0.05) is 146 Å². The average Bonchev–Trinajstić information content (AvgIpc) is 3.92. The summed E-state index contributed by atoms with van der Waals surface area (Å²) in [5, 5.41) is 12.0. The zero-order valence-electron chi connectivity index (χ0n) is 33.5. The summed E-state index contributed by atoms with van der Waals surface area (Å²) < 4.78 is 13.1. The molecule has 1 aliphatic rings. The maximum atomic E-state index is 6.59. The van der Waals surface area contributed by atoms with Crippen molar-refractivity contribution in [2.45, 2.75) is 12.8 Å². The largest absolute Gasteiger partial charge is 0.456 e. The summed E-state index contributed by atoms with van der Waals surface area (Å²) in [4.78, 5) is 15.3. The Balaban J connectivity index is 0.967. The second-order valence-corrected chi connectivity index (χ2v) is 16.2. The molecular weight excluding hydrogens is 759 g/mol. The van der Waals surface area contributed by atoms with Crippen LogP contribution in [0, 0.1) is 0 Å². The normalized spacial score (nSPS) is 12.8. The van der Waals surface area contributed by atoms with Gasteiger partial charge in [0.2, 0.25) is 0 Å². The summed E-state index contributed by atoms with van der Waals surface area (Å²) in [6.45, 7) is 0. The predicted octanol–water partition coefficient (Wildman–Crippen LogP) is 13.4. The van der Waals surface area contributed by atoms with Gasteiger partial charge in [0.05, 0.1) is 5.56 Å². The number of furan rings is 2. The van der Waals surface area contributed by atoms with E-state index in [2.05, 4.69) is 127 Å². The summed E-state index contributed by atoms with van der Waals surface area (Å²) in [6, 6.07) is 64.1. The number of nitrogens with zero attached hydrogens (tertiary/aromatic N) is 3. The van der Waals surface area contributed by atoms with E-state index in [1.807, 2.05) is 60.7 Å². The topological polar surface area (TPSA) is 65.0 Å². The standard InChI is InChI=1S/C57H35N3O2/c1-2-13-34(14-3-1)55-58-56(60-57(59-55)47-24-11-23-46-45-21-8-9-25-50(45)62-54(46)47)38-16-10-15-37(31-38)39-22-12-26-52-53(39)49-33-36(28-30-51(49)61-52)35-27-29-44-42-19-5-4-17-40(42)41-18-6-7-20-43(41)48(44)32-35/h1-11,13-21,23-33H,12,22H2. The van der Waals surface area contributed by atoms with E-state index in [9.17, 15) is 0 Å². The molecule has 0 atom stereocenters. The van der Waals surface area contributed by atoms with Gasteiger partial charge in [-0.05, 0) is 110 Å². The smallest absolute Gasteiger partial charge is 0.167 e. The van der Waals surface area contributed by atoms with Crippen LogP contribution in [0.5, 0.6) is 0 Å². The molecule has 0 amide bonds. The van der Waals surface area contributed by atoms with Crippen LogP contribution in [0.3, 0.4) is 0 Å². The van der Waals surface area contributed by atoms with Crippen molar-refractivity contribution >= 4 is 76.9 Å². The fourth-order valence-corrected chi connectivity index (χ4v) is 9.71. The Kier molecular flexibility index (Phi) is 7.66. The first-order valence-corrected chi connectivity index (χ1v) is 21.1. The highest BCUT2D eigenvalue weighted by atomic mass is 16.3. The maximum absolute atomic E-state index is 6.59. The van der Waals surface area contributed by atoms with Gasteiger partial charge in [-0.3, -0.25) is 0 Å². The molecule has 13 rings (SSSR count). The molecule has 5 nitrogen and oxygen atoms in total. The van der Waals surface area contributed by atoms with Crippen molar-refractivity contribution in [3.05, 3.63) is 198 Å². The number of benzene rings is 9. The van der Waals surface area contributed by atoms with Crippen LogP contribution >= 0.6 is 0 Å². The first kappa shape index (κ1) is 34.7. The molecule has 9 aromatic carbocycles. The first-order valence-electron chi connectivity index (χ1n) is 21.1. The fourth-order valence-electron chi connectivity index (χ4n) is 9.71. The third-order valence-electron chi connectivity index (χ3n) is 12.6. The number of hydrogen-bond donors (Lipinski definition) is 0. The van der Waals surface area contributed by atoms with Gasteiger partial charge in [0.15, 0.2) is 17.5 Å². The van der Waals surface area contributed by atoms with Crippen molar-refractivity contribution in [1.29, 1.82) is 0 Å². The lowest BCUT2D eigenvalue weighted by atomic mass is 9.91. The van der Waals surface area contributed by atoms with Gasteiger partial charge in [-0.15, -0.1) is 0 Å². The van der Waals surface area contributed by atoms with E-state index < -0.39 is 0 Å². The molecule has 0 unspecified atom stereocenters. The van der Waals surface area contributed by atoms with E-state index in [1.165, 1.54) is 43.5 Å². The summed E-state index contributed by atoms with van der Waals surface area (Å²) in [5.74, 6) is 1.77. The molecule has 290 valence electrons. The second-order valence-electron chi connectivity index (χ2n) is 16.2. The zero-order valence-corrected chi connectivity index (χ0v) is 33.5. The van der Waals surface area contributed by atoms with E-state index >= 15 is 0 Å². The minimum atomic E-state index is 0.564. The van der Waals surface area contributed by atoms with Crippen molar-refractivity contribution in [3.8, 4) is 45.3 Å². The van der Waals surface area contributed by atoms with Gasteiger partial charge >= 0.3 is 0 Å².